The molecule has 3 aliphatic rings. The van der Waals surface area contributed by atoms with Crippen LogP contribution in [0.15, 0.2) is 0 Å². The Bertz CT molecular complexity index is 182. The zero-order chi connectivity index (χ0) is 9.38. The van der Waals surface area contributed by atoms with Gasteiger partial charge in [-0.3, -0.25) is 0 Å². The summed E-state index contributed by atoms with van der Waals surface area (Å²) >= 11 is 0. The molecule has 2 heteroatoms. The molecule has 2 saturated carbocycles. The van der Waals surface area contributed by atoms with E-state index in [0.717, 1.165) is 11.8 Å². The molecule has 4 atom stereocenters. The van der Waals surface area contributed by atoms with E-state index in [2.05, 4.69) is 0 Å². The van der Waals surface area contributed by atoms with Crippen molar-refractivity contribution in [2.45, 2.75) is 63.6 Å². The van der Waals surface area contributed by atoms with Crippen LogP contribution in [0, 0.1) is 11.8 Å². The number of fused-ring (bicyclic) bond motifs is 3. The summed E-state index contributed by atoms with van der Waals surface area (Å²) in [6.07, 6.45) is 11.6. The van der Waals surface area contributed by atoms with E-state index in [1.54, 1.807) is 0 Å². The Morgan fingerprint density at radius 1 is 0.571 bits per heavy atom. The van der Waals surface area contributed by atoms with E-state index in [9.17, 15) is 0 Å². The fraction of sp³-hybridized carbons (Fsp3) is 1.00. The van der Waals surface area contributed by atoms with Crippen molar-refractivity contribution in [3.8, 4) is 0 Å². The third-order valence-electron chi connectivity index (χ3n) is 4.36. The summed E-state index contributed by atoms with van der Waals surface area (Å²) in [6, 6.07) is 0. The second-order valence-electron chi connectivity index (χ2n) is 5.17. The van der Waals surface area contributed by atoms with Crippen LogP contribution in [-0.4, -0.2) is 12.2 Å². The molecule has 1 aliphatic heterocycles. The molecule has 0 bridgehead atoms. The minimum atomic E-state index is 0.433. The molecule has 0 aromatic carbocycles. The topological polar surface area (TPSA) is 18.5 Å². The first-order valence-electron chi connectivity index (χ1n) is 6.27. The fourth-order valence-electron chi connectivity index (χ4n) is 3.61. The van der Waals surface area contributed by atoms with Gasteiger partial charge in [-0.25, -0.2) is 9.78 Å². The third-order valence-corrected chi connectivity index (χ3v) is 4.36. The molecule has 0 N–H and O–H groups in total. The summed E-state index contributed by atoms with van der Waals surface area (Å²) in [5, 5.41) is 0. The lowest BCUT2D eigenvalue weighted by Gasteiger charge is -2.46. The Morgan fingerprint density at radius 3 is 1.50 bits per heavy atom. The van der Waals surface area contributed by atoms with Crippen LogP contribution in [0.3, 0.4) is 0 Å². The highest BCUT2D eigenvalue weighted by molar-refractivity contribution is 4.89. The van der Waals surface area contributed by atoms with Gasteiger partial charge in [-0.15, -0.1) is 0 Å². The minimum Gasteiger partial charge on any atom is -0.233 e. The molecule has 0 aromatic heterocycles. The van der Waals surface area contributed by atoms with E-state index in [1.165, 1.54) is 51.4 Å². The summed E-state index contributed by atoms with van der Waals surface area (Å²) in [5.41, 5.74) is 0. The van der Waals surface area contributed by atoms with Gasteiger partial charge in [-0.05, 0) is 37.5 Å². The van der Waals surface area contributed by atoms with Crippen LogP contribution < -0.4 is 0 Å². The second-order valence-corrected chi connectivity index (χ2v) is 5.17. The molecule has 0 amide bonds. The molecule has 2 nitrogen and oxygen atoms in total. The lowest BCUT2D eigenvalue weighted by Crippen LogP contribution is -2.46. The number of rotatable bonds is 0. The molecule has 4 unspecified atom stereocenters. The first-order valence-corrected chi connectivity index (χ1v) is 6.27. The van der Waals surface area contributed by atoms with Crippen molar-refractivity contribution >= 4 is 0 Å². The van der Waals surface area contributed by atoms with Gasteiger partial charge >= 0.3 is 0 Å². The van der Waals surface area contributed by atoms with Gasteiger partial charge in [0, 0.05) is 0 Å². The molecule has 0 radical (unpaired) electrons. The standard InChI is InChI=1S/C12H20O2/c1-3-7-11-9(5-1)10-6-2-4-8-12(10)14-13-11/h9-12H,1-8H2. The van der Waals surface area contributed by atoms with Gasteiger partial charge in [0.1, 0.15) is 0 Å². The monoisotopic (exact) mass is 196 g/mol. The van der Waals surface area contributed by atoms with Crippen LogP contribution in [0.1, 0.15) is 51.4 Å². The summed E-state index contributed by atoms with van der Waals surface area (Å²) < 4.78 is 0. The maximum atomic E-state index is 5.55. The second kappa shape index (κ2) is 3.82. The molecule has 1 saturated heterocycles. The van der Waals surface area contributed by atoms with Gasteiger partial charge in [-0.2, -0.15) is 0 Å². The number of hydrogen-bond donors (Lipinski definition) is 0. The molecule has 3 rings (SSSR count). The van der Waals surface area contributed by atoms with Crippen LogP contribution in [0.2, 0.25) is 0 Å². The van der Waals surface area contributed by atoms with Crippen LogP contribution >= 0.6 is 0 Å². The van der Waals surface area contributed by atoms with Gasteiger partial charge in [0.15, 0.2) is 0 Å². The minimum absolute atomic E-state index is 0.433. The van der Waals surface area contributed by atoms with Crippen molar-refractivity contribution in [2.75, 3.05) is 0 Å². The fourth-order valence-corrected chi connectivity index (χ4v) is 3.61. The SMILES string of the molecule is C1CCC2C(C1)OOC1CCCCC12. The molecule has 0 spiro atoms. The van der Waals surface area contributed by atoms with E-state index in [0.29, 0.717) is 12.2 Å². The highest BCUT2D eigenvalue weighted by atomic mass is 17.2. The Hall–Kier alpha value is -0.0800. The molecule has 14 heavy (non-hydrogen) atoms. The molecule has 3 fully saturated rings. The summed E-state index contributed by atoms with van der Waals surface area (Å²) in [7, 11) is 0. The van der Waals surface area contributed by atoms with E-state index in [1.807, 2.05) is 0 Å². The zero-order valence-corrected chi connectivity index (χ0v) is 8.78. The van der Waals surface area contributed by atoms with E-state index >= 15 is 0 Å². The van der Waals surface area contributed by atoms with E-state index in [-0.39, 0.29) is 0 Å². The van der Waals surface area contributed by atoms with Crippen molar-refractivity contribution in [2.24, 2.45) is 11.8 Å². The predicted octanol–water partition coefficient (Wildman–Crippen LogP) is 3.07. The Balaban J connectivity index is 1.74. The smallest absolute Gasteiger partial charge is 0.0961 e. The van der Waals surface area contributed by atoms with Gasteiger partial charge in [-0.1, -0.05) is 25.7 Å². The normalized spacial score (nSPS) is 48.0. The van der Waals surface area contributed by atoms with Crippen LogP contribution in [-0.2, 0) is 9.78 Å². The lowest BCUT2D eigenvalue weighted by molar-refractivity contribution is -0.409. The Morgan fingerprint density at radius 2 is 1.00 bits per heavy atom. The van der Waals surface area contributed by atoms with Crippen molar-refractivity contribution < 1.29 is 9.78 Å². The quantitative estimate of drug-likeness (QED) is 0.554. The highest BCUT2D eigenvalue weighted by Crippen LogP contribution is 2.44. The van der Waals surface area contributed by atoms with Gasteiger partial charge < -0.3 is 0 Å². The average Bonchev–Trinajstić information content (AvgIpc) is 2.29. The average molecular weight is 196 g/mol. The first-order chi connectivity index (χ1) is 6.95. The van der Waals surface area contributed by atoms with E-state index < -0.39 is 0 Å². The van der Waals surface area contributed by atoms with Crippen molar-refractivity contribution in [1.29, 1.82) is 0 Å². The maximum absolute atomic E-state index is 5.55. The van der Waals surface area contributed by atoms with Crippen molar-refractivity contribution in [3.63, 3.8) is 0 Å². The predicted molar refractivity (Wildman–Crippen MR) is 53.7 cm³/mol. The lowest BCUT2D eigenvalue weighted by atomic mass is 9.70. The Kier molecular flexibility index (Phi) is 2.50. The molecular formula is C12H20O2. The van der Waals surface area contributed by atoms with Gasteiger partial charge in [0.25, 0.3) is 0 Å². The molecule has 1 heterocycles. The summed E-state index contributed by atoms with van der Waals surface area (Å²) in [6.45, 7) is 0. The molecule has 80 valence electrons. The van der Waals surface area contributed by atoms with Crippen LogP contribution in [0.5, 0.6) is 0 Å². The van der Waals surface area contributed by atoms with Gasteiger partial charge in [0.05, 0.1) is 12.2 Å². The maximum Gasteiger partial charge on any atom is 0.0961 e. The largest absolute Gasteiger partial charge is 0.233 e. The van der Waals surface area contributed by atoms with Crippen molar-refractivity contribution in [3.05, 3.63) is 0 Å². The van der Waals surface area contributed by atoms with Crippen molar-refractivity contribution in [1.82, 2.24) is 0 Å². The molecule has 2 aliphatic carbocycles. The number of hydrogen-bond acceptors (Lipinski definition) is 2. The summed E-state index contributed by atoms with van der Waals surface area (Å²) in [4.78, 5) is 11.1. The summed E-state index contributed by atoms with van der Waals surface area (Å²) in [5.74, 6) is 1.64. The van der Waals surface area contributed by atoms with Crippen LogP contribution in [0.25, 0.3) is 0 Å². The zero-order valence-electron chi connectivity index (χ0n) is 8.78. The first kappa shape index (κ1) is 9.17. The molecular weight excluding hydrogens is 176 g/mol. The van der Waals surface area contributed by atoms with E-state index in [4.69, 9.17) is 9.78 Å². The highest BCUT2D eigenvalue weighted by Gasteiger charge is 2.43. The Labute approximate surface area is 85.9 Å². The molecule has 0 aromatic rings. The van der Waals surface area contributed by atoms with Gasteiger partial charge in [0.2, 0.25) is 0 Å². The van der Waals surface area contributed by atoms with Crippen LogP contribution in [0.4, 0.5) is 0 Å². The third kappa shape index (κ3) is 1.49.